The van der Waals surface area contributed by atoms with E-state index in [0.29, 0.717) is 0 Å². The quantitative estimate of drug-likeness (QED) is 0.239. The van der Waals surface area contributed by atoms with Crippen LogP contribution in [0.3, 0.4) is 0 Å². The summed E-state index contributed by atoms with van der Waals surface area (Å²) >= 11 is 0. The molecule has 5 aromatic rings. The van der Waals surface area contributed by atoms with E-state index < -0.39 is 0 Å². The van der Waals surface area contributed by atoms with Gasteiger partial charge < -0.3 is 4.57 Å². The van der Waals surface area contributed by atoms with E-state index in [-0.39, 0.29) is 5.41 Å². The number of hydrogen-bond donors (Lipinski definition) is 0. The number of rotatable bonds is 3. The van der Waals surface area contributed by atoms with Crippen LogP contribution in [0.25, 0.3) is 39.9 Å². The van der Waals surface area contributed by atoms with E-state index in [1.807, 2.05) is 18.2 Å². The number of allylic oxidation sites excluding steroid dienone is 2. The second kappa shape index (κ2) is 7.07. The monoisotopic (exact) mass is 447 g/mol. The number of benzene rings is 4. The second-order valence-corrected chi connectivity index (χ2v) is 9.50. The third-order valence-electron chi connectivity index (χ3n) is 7.81. The van der Waals surface area contributed by atoms with Crippen molar-refractivity contribution >= 4 is 23.1 Å². The molecule has 0 saturated heterocycles. The Hall–Kier alpha value is -4.36. The lowest BCUT2D eigenvalue weighted by Gasteiger charge is -2.39. The topological polar surface area (TPSA) is 4.93 Å². The molecule has 1 aliphatic heterocycles. The Kier molecular flexibility index (Phi) is 4.05. The molecule has 1 heteroatoms. The van der Waals surface area contributed by atoms with Crippen LogP contribution in [0, 0.1) is 6.92 Å². The minimum Gasteiger partial charge on any atom is -0.309 e. The van der Waals surface area contributed by atoms with Gasteiger partial charge in [-0.1, -0.05) is 116 Å². The van der Waals surface area contributed by atoms with Crippen LogP contribution < -0.4 is 0 Å². The van der Waals surface area contributed by atoms with Gasteiger partial charge in [-0.05, 0) is 52.4 Å². The van der Waals surface area contributed by atoms with Gasteiger partial charge in [-0.2, -0.15) is 0 Å². The van der Waals surface area contributed by atoms with Gasteiger partial charge in [0.2, 0.25) is 0 Å². The molecular formula is C34H25N. The van der Waals surface area contributed by atoms with E-state index in [0.717, 1.165) is 11.3 Å². The molecule has 1 unspecified atom stereocenters. The Labute approximate surface area is 206 Å². The Morgan fingerprint density at radius 1 is 0.743 bits per heavy atom. The molecule has 0 amide bonds. The summed E-state index contributed by atoms with van der Waals surface area (Å²) in [7, 11) is 0. The summed E-state index contributed by atoms with van der Waals surface area (Å²) in [4.78, 5) is 0. The number of fused-ring (bicyclic) bond motifs is 9. The van der Waals surface area contributed by atoms with Crippen LogP contribution in [0.1, 0.15) is 39.1 Å². The lowest BCUT2D eigenvalue weighted by molar-refractivity contribution is 0.743. The van der Waals surface area contributed by atoms with Gasteiger partial charge in [0.1, 0.15) is 0 Å². The van der Waals surface area contributed by atoms with E-state index in [1.54, 1.807) is 0 Å². The molecule has 1 aliphatic carbocycles. The van der Waals surface area contributed by atoms with Crippen LogP contribution in [0.15, 0.2) is 110 Å². The van der Waals surface area contributed by atoms with Crippen LogP contribution in [0.2, 0.25) is 0 Å². The first-order valence-electron chi connectivity index (χ1n) is 12.1. The molecule has 7 rings (SSSR count). The zero-order valence-corrected chi connectivity index (χ0v) is 19.8. The van der Waals surface area contributed by atoms with Gasteiger partial charge in [-0.15, -0.1) is 0 Å². The summed E-state index contributed by atoms with van der Waals surface area (Å²) < 4.78 is 2.43. The Balaban J connectivity index is 1.77. The van der Waals surface area contributed by atoms with E-state index in [2.05, 4.69) is 116 Å². The van der Waals surface area contributed by atoms with Crippen molar-refractivity contribution < 1.29 is 0 Å². The maximum absolute atomic E-state index is 4.20. The Morgan fingerprint density at radius 2 is 1.49 bits per heavy atom. The molecule has 0 radical (unpaired) electrons. The predicted octanol–water partition coefficient (Wildman–Crippen LogP) is 8.46. The Bertz CT molecular complexity index is 1740. The summed E-state index contributed by atoms with van der Waals surface area (Å²) in [5, 5.41) is 1.23. The maximum atomic E-state index is 4.20. The molecule has 0 N–H and O–H groups in total. The largest absolute Gasteiger partial charge is 0.309 e. The number of aromatic nitrogens is 1. The van der Waals surface area contributed by atoms with E-state index in [1.165, 1.54) is 55.5 Å². The van der Waals surface area contributed by atoms with Crippen molar-refractivity contribution in [3.05, 3.63) is 149 Å². The fraction of sp³-hybridized carbons (Fsp3) is 0.0588. The highest BCUT2D eigenvalue weighted by Gasteiger charge is 2.50. The standard InChI is InChI=1S/C34H25N/c1-4-6-17-31-23(5-2)26-13-11-16-29-33(26)35(31)32-18-10-9-15-28(32)34(29)27-14-8-7-12-24(27)25-20-19-22(3)21-30(25)34/h4-21H,1-2H2,3H3/b17-6-. The molecule has 0 saturated carbocycles. The molecule has 0 fully saturated rings. The summed E-state index contributed by atoms with van der Waals surface area (Å²) in [6.45, 7) is 10.3. The molecule has 0 bridgehead atoms. The minimum atomic E-state index is -0.375. The summed E-state index contributed by atoms with van der Waals surface area (Å²) in [5.74, 6) is 0. The summed E-state index contributed by atoms with van der Waals surface area (Å²) in [6, 6.07) is 31.6. The predicted molar refractivity (Wildman–Crippen MR) is 148 cm³/mol. The van der Waals surface area contributed by atoms with E-state index >= 15 is 0 Å². The third kappa shape index (κ3) is 2.33. The van der Waals surface area contributed by atoms with Crippen molar-refractivity contribution in [2.45, 2.75) is 12.3 Å². The summed E-state index contributed by atoms with van der Waals surface area (Å²) in [6.07, 6.45) is 8.00. The van der Waals surface area contributed by atoms with Gasteiger partial charge >= 0.3 is 0 Å². The SMILES string of the molecule is C=C/C=C\c1c(C=C)c2cccc3c2n1-c1ccccc1C31c2ccccc2-c2ccc(C)cc21. The van der Waals surface area contributed by atoms with Crippen LogP contribution in [0.4, 0.5) is 0 Å². The normalized spacial score (nSPS) is 16.9. The molecule has 2 heterocycles. The van der Waals surface area contributed by atoms with Gasteiger partial charge in [0.05, 0.1) is 22.3 Å². The first-order chi connectivity index (χ1) is 17.2. The van der Waals surface area contributed by atoms with Gasteiger partial charge in [-0.3, -0.25) is 0 Å². The first-order valence-corrected chi connectivity index (χ1v) is 12.1. The van der Waals surface area contributed by atoms with Crippen molar-refractivity contribution in [2.24, 2.45) is 0 Å². The van der Waals surface area contributed by atoms with Crippen LogP contribution in [-0.4, -0.2) is 4.57 Å². The lowest BCUT2D eigenvalue weighted by atomic mass is 9.65. The van der Waals surface area contributed by atoms with Gasteiger partial charge in [0.25, 0.3) is 0 Å². The van der Waals surface area contributed by atoms with E-state index in [4.69, 9.17) is 0 Å². The molecule has 1 atom stereocenters. The fourth-order valence-corrected chi connectivity index (χ4v) is 6.58. The average molecular weight is 448 g/mol. The van der Waals surface area contributed by atoms with Crippen molar-refractivity contribution in [1.82, 2.24) is 4.57 Å². The van der Waals surface area contributed by atoms with Crippen LogP contribution in [0.5, 0.6) is 0 Å². The van der Waals surface area contributed by atoms with Crippen molar-refractivity contribution in [1.29, 1.82) is 0 Å². The first kappa shape index (κ1) is 20.1. The second-order valence-electron chi connectivity index (χ2n) is 9.50. The van der Waals surface area contributed by atoms with Gasteiger partial charge in [-0.25, -0.2) is 0 Å². The number of nitrogens with zero attached hydrogens (tertiary/aromatic N) is 1. The molecule has 35 heavy (non-hydrogen) atoms. The molecule has 2 aliphatic rings. The molecule has 1 nitrogen and oxygen atoms in total. The molecular weight excluding hydrogens is 422 g/mol. The fourth-order valence-electron chi connectivity index (χ4n) is 6.58. The molecule has 1 aromatic heterocycles. The van der Waals surface area contributed by atoms with Crippen LogP contribution in [-0.2, 0) is 5.41 Å². The highest BCUT2D eigenvalue weighted by molar-refractivity contribution is 6.02. The molecule has 1 spiro atoms. The number of aryl methyl sites for hydroxylation is 1. The average Bonchev–Trinajstić information content (AvgIpc) is 3.37. The lowest BCUT2D eigenvalue weighted by Crippen LogP contribution is -2.33. The van der Waals surface area contributed by atoms with Gasteiger partial charge in [0.15, 0.2) is 0 Å². The third-order valence-corrected chi connectivity index (χ3v) is 7.81. The van der Waals surface area contributed by atoms with Crippen molar-refractivity contribution in [2.75, 3.05) is 0 Å². The zero-order chi connectivity index (χ0) is 23.7. The molecule has 4 aromatic carbocycles. The smallest absolute Gasteiger partial charge is 0.0754 e. The minimum absolute atomic E-state index is 0.375. The van der Waals surface area contributed by atoms with Gasteiger partial charge in [0, 0.05) is 10.9 Å². The maximum Gasteiger partial charge on any atom is 0.0754 e. The van der Waals surface area contributed by atoms with Crippen molar-refractivity contribution in [3.63, 3.8) is 0 Å². The summed E-state index contributed by atoms with van der Waals surface area (Å²) in [5.41, 5.74) is 13.7. The van der Waals surface area contributed by atoms with E-state index in [9.17, 15) is 0 Å². The Morgan fingerprint density at radius 3 is 2.31 bits per heavy atom. The highest BCUT2D eigenvalue weighted by atomic mass is 15.0. The zero-order valence-electron chi connectivity index (χ0n) is 19.8. The van der Waals surface area contributed by atoms with Crippen molar-refractivity contribution in [3.8, 4) is 16.8 Å². The number of hydrogen-bond acceptors (Lipinski definition) is 0. The van der Waals surface area contributed by atoms with Crippen LogP contribution >= 0.6 is 0 Å². The number of para-hydroxylation sites is 2. The highest BCUT2D eigenvalue weighted by Crippen LogP contribution is 2.60. The molecule has 166 valence electrons.